The Morgan fingerprint density at radius 1 is 1.12 bits per heavy atom. The van der Waals surface area contributed by atoms with Gasteiger partial charge in [-0.2, -0.15) is 4.31 Å². The number of aromatic nitrogens is 3. The molecule has 42 heavy (non-hydrogen) atoms. The van der Waals surface area contributed by atoms with E-state index in [1.54, 1.807) is 0 Å². The number of unbranched alkanes of at least 4 members (excludes halogenated alkanes) is 1. The van der Waals surface area contributed by atoms with Gasteiger partial charge < -0.3 is 19.4 Å². The van der Waals surface area contributed by atoms with Gasteiger partial charge in [0.25, 0.3) is 5.19 Å². The van der Waals surface area contributed by atoms with Crippen molar-refractivity contribution in [2.24, 2.45) is 0 Å². The van der Waals surface area contributed by atoms with E-state index in [1.807, 2.05) is 30.6 Å². The topological polar surface area (TPSA) is 146 Å². The summed E-state index contributed by atoms with van der Waals surface area (Å²) in [6, 6.07) is 6.11. The molecule has 0 aliphatic carbocycles. The first-order chi connectivity index (χ1) is 20.1. The van der Waals surface area contributed by atoms with Gasteiger partial charge in [0.1, 0.15) is 6.10 Å². The van der Waals surface area contributed by atoms with Crippen molar-refractivity contribution in [3.8, 4) is 5.19 Å². The molecule has 2 aliphatic heterocycles. The number of piperidine rings is 1. The van der Waals surface area contributed by atoms with Crippen LogP contribution in [0.15, 0.2) is 36.7 Å². The van der Waals surface area contributed by atoms with Gasteiger partial charge in [-0.25, -0.2) is 23.4 Å². The van der Waals surface area contributed by atoms with Crippen LogP contribution >= 0.6 is 18.9 Å². The summed E-state index contributed by atoms with van der Waals surface area (Å²) >= 11 is 1.53. The van der Waals surface area contributed by atoms with Gasteiger partial charge in [0, 0.05) is 57.6 Å². The third-order valence-electron chi connectivity index (χ3n) is 7.63. The molecule has 4 heterocycles. The third-order valence-corrected chi connectivity index (χ3v) is 11.4. The maximum absolute atomic E-state index is 12.7. The van der Waals surface area contributed by atoms with E-state index >= 15 is 0 Å². The Morgan fingerprint density at radius 3 is 2.55 bits per heavy atom. The predicted molar refractivity (Wildman–Crippen MR) is 166 cm³/mol. The van der Waals surface area contributed by atoms with E-state index in [0.717, 1.165) is 66.1 Å². The molecule has 0 saturated carbocycles. The van der Waals surface area contributed by atoms with Crippen molar-refractivity contribution < 1.29 is 27.5 Å². The molecule has 3 aromatic rings. The van der Waals surface area contributed by atoms with Crippen molar-refractivity contribution in [3.05, 3.63) is 47.8 Å². The first-order valence-electron chi connectivity index (χ1n) is 14.4. The Morgan fingerprint density at radius 2 is 1.88 bits per heavy atom. The fourth-order valence-corrected chi connectivity index (χ4v) is 8.35. The molecular formula is C28H38N5O6PS2. The normalized spacial score (nSPS) is 17.5. The Hall–Kier alpha value is -2.41. The molecule has 0 bridgehead atoms. The summed E-state index contributed by atoms with van der Waals surface area (Å²) in [6.07, 6.45) is 10.4. The van der Waals surface area contributed by atoms with Crippen LogP contribution in [0.3, 0.4) is 0 Å². The first-order valence-corrected chi connectivity index (χ1v) is 18.7. The summed E-state index contributed by atoms with van der Waals surface area (Å²) < 4.78 is 45.1. The van der Waals surface area contributed by atoms with Gasteiger partial charge >= 0.3 is 7.60 Å². The minimum absolute atomic E-state index is 0.0893. The third kappa shape index (κ3) is 8.15. The molecule has 0 spiro atoms. The summed E-state index contributed by atoms with van der Waals surface area (Å²) in [6.45, 7) is 4.49. The van der Waals surface area contributed by atoms with Crippen molar-refractivity contribution in [3.63, 3.8) is 0 Å². The lowest BCUT2D eigenvalue weighted by Crippen LogP contribution is -2.39. The van der Waals surface area contributed by atoms with Gasteiger partial charge in [-0.1, -0.05) is 36.8 Å². The zero-order valence-corrected chi connectivity index (χ0v) is 26.3. The number of thiazole rings is 1. The number of anilines is 1. The van der Waals surface area contributed by atoms with Crippen molar-refractivity contribution in [2.75, 3.05) is 43.0 Å². The van der Waals surface area contributed by atoms with E-state index < -0.39 is 17.6 Å². The van der Waals surface area contributed by atoms with Crippen molar-refractivity contribution in [1.29, 1.82) is 0 Å². The average Bonchev–Trinajstić information content (AvgIpc) is 3.37. The standard InChI is InChI=1S/C28H38N5O6PS2/c1-2-5-21-19-29-27(30-20-21)32-12-10-24(11-13-32)39-28-31-25-7-6-23(18-26(25)41-28)22-8-14-33(15-9-22)42(37,38)17-4-3-16-40(34,35)36/h6-8,18-20,24H,2-5,9-17H2,1H3,(H2,34,35,36). The smallest absolute Gasteiger partial charge is 0.325 e. The van der Waals surface area contributed by atoms with Crippen LogP contribution in [0.25, 0.3) is 15.8 Å². The van der Waals surface area contributed by atoms with Gasteiger partial charge in [-0.05, 0) is 54.5 Å². The van der Waals surface area contributed by atoms with Gasteiger partial charge in [-0.3, -0.25) is 4.57 Å². The number of aryl methyl sites for hydroxylation is 1. The van der Waals surface area contributed by atoms with Gasteiger partial charge in [-0.15, -0.1) is 0 Å². The Kier molecular flexibility index (Phi) is 9.96. The van der Waals surface area contributed by atoms with Gasteiger partial charge in [0.15, 0.2) is 0 Å². The zero-order valence-electron chi connectivity index (χ0n) is 23.8. The summed E-state index contributed by atoms with van der Waals surface area (Å²) in [5.41, 5.74) is 4.19. The van der Waals surface area contributed by atoms with Crippen LogP contribution in [0, 0.1) is 0 Å². The SMILES string of the molecule is CCCc1cnc(N2CCC(Oc3nc4ccc(C5=CCN(S(=O)(=O)CCCCP(=O)(O)O)CC5)cc4s3)CC2)nc1. The van der Waals surface area contributed by atoms with E-state index in [2.05, 4.69) is 27.9 Å². The van der Waals surface area contributed by atoms with Crippen LogP contribution in [0.2, 0.25) is 0 Å². The number of hydrogen-bond donors (Lipinski definition) is 2. The lowest BCUT2D eigenvalue weighted by Gasteiger charge is -2.31. The highest BCUT2D eigenvalue weighted by molar-refractivity contribution is 7.89. The lowest BCUT2D eigenvalue weighted by molar-refractivity contribution is 0.170. The average molecular weight is 636 g/mol. The monoisotopic (exact) mass is 635 g/mol. The molecule has 5 rings (SSSR count). The number of benzene rings is 1. The Labute approximate surface area is 250 Å². The van der Waals surface area contributed by atoms with E-state index in [1.165, 1.54) is 21.2 Å². The largest absolute Gasteiger partial charge is 0.467 e. The molecule has 11 nitrogen and oxygen atoms in total. The van der Waals surface area contributed by atoms with Gasteiger partial charge in [0.2, 0.25) is 16.0 Å². The second-order valence-corrected chi connectivity index (χ2v) is 15.7. The molecule has 1 fully saturated rings. The van der Waals surface area contributed by atoms with Crippen molar-refractivity contribution in [2.45, 2.75) is 58.0 Å². The number of hydrogen-bond acceptors (Lipinski definition) is 9. The summed E-state index contributed by atoms with van der Waals surface area (Å²) in [4.78, 5) is 33.9. The van der Waals surface area contributed by atoms with Gasteiger partial charge in [0.05, 0.1) is 16.0 Å². The maximum Gasteiger partial charge on any atom is 0.325 e. The highest BCUT2D eigenvalue weighted by Crippen LogP contribution is 2.36. The molecule has 0 unspecified atom stereocenters. The van der Waals surface area contributed by atoms with E-state index in [9.17, 15) is 13.0 Å². The molecule has 2 aliphatic rings. The summed E-state index contributed by atoms with van der Waals surface area (Å²) in [7, 11) is -7.57. The number of sulfonamides is 1. The summed E-state index contributed by atoms with van der Waals surface area (Å²) in [5.74, 6) is 0.668. The van der Waals surface area contributed by atoms with Crippen molar-refractivity contribution in [1.82, 2.24) is 19.3 Å². The Balaban J connectivity index is 1.14. The fourth-order valence-electron chi connectivity index (χ4n) is 5.30. The van der Waals surface area contributed by atoms with Crippen molar-refractivity contribution >= 4 is 50.7 Å². The van der Waals surface area contributed by atoms with Crippen LogP contribution in [0.5, 0.6) is 5.19 Å². The Bertz CT molecular complexity index is 1550. The molecule has 0 amide bonds. The number of fused-ring (bicyclic) bond motifs is 1. The molecule has 2 aromatic heterocycles. The highest BCUT2D eigenvalue weighted by atomic mass is 32.2. The minimum atomic E-state index is -4.10. The molecule has 0 radical (unpaired) electrons. The molecule has 1 aromatic carbocycles. The molecule has 228 valence electrons. The lowest BCUT2D eigenvalue weighted by atomic mass is 10.0. The van der Waals surface area contributed by atoms with E-state index in [4.69, 9.17) is 19.5 Å². The van der Waals surface area contributed by atoms with Crippen LogP contribution in [0.1, 0.15) is 56.6 Å². The number of rotatable bonds is 12. The van der Waals surface area contributed by atoms with Crippen LogP contribution < -0.4 is 9.64 Å². The van der Waals surface area contributed by atoms with Crippen LogP contribution in [-0.2, 0) is 21.0 Å². The van der Waals surface area contributed by atoms with Crippen LogP contribution in [-0.4, -0.2) is 81.7 Å². The molecule has 14 heteroatoms. The molecule has 2 N–H and O–H groups in total. The molecule has 1 saturated heterocycles. The second kappa shape index (κ2) is 13.5. The van der Waals surface area contributed by atoms with Crippen LogP contribution in [0.4, 0.5) is 5.95 Å². The first kappa shape index (κ1) is 31.0. The molecule has 0 atom stereocenters. The predicted octanol–water partition coefficient (Wildman–Crippen LogP) is 4.46. The number of ether oxygens (including phenoxy) is 1. The second-order valence-electron chi connectivity index (χ2n) is 10.9. The maximum atomic E-state index is 12.7. The zero-order chi connectivity index (χ0) is 29.7. The van der Waals surface area contributed by atoms with E-state index in [0.29, 0.717) is 18.2 Å². The summed E-state index contributed by atoms with van der Waals surface area (Å²) in [5, 5.41) is 0.661. The van der Waals surface area contributed by atoms with E-state index in [-0.39, 0.29) is 37.4 Å². The fraction of sp³-hybridized carbons (Fsp3) is 0.536. The molecular weight excluding hydrogens is 597 g/mol. The minimum Gasteiger partial charge on any atom is -0.467 e. The quantitative estimate of drug-likeness (QED) is 0.216. The number of nitrogens with zero attached hydrogens (tertiary/aromatic N) is 5. The highest BCUT2D eigenvalue weighted by Gasteiger charge is 2.26.